The number of fused-ring (bicyclic) bond motifs is 1. The molecule has 10 heteroatoms. The summed E-state index contributed by atoms with van der Waals surface area (Å²) >= 11 is 0. The average Bonchev–Trinajstić information content (AvgIpc) is 3.25. The van der Waals surface area contributed by atoms with E-state index in [9.17, 15) is 14.4 Å². The van der Waals surface area contributed by atoms with Crippen LogP contribution < -0.4 is 11.1 Å². The predicted molar refractivity (Wildman–Crippen MR) is 117 cm³/mol. The summed E-state index contributed by atoms with van der Waals surface area (Å²) in [7, 11) is 1.35. The van der Waals surface area contributed by atoms with Crippen LogP contribution in [0.5, 0.6) is 0 Å². The van der Waals surface area contributed by atoms with Crippen LogP contribution in [0.1, 0.15) is 37.7 Å². The molecule has 1 fully saturated rings. The predicted octanol–water partition coefficient (Wildman–Crippen LogP) is 1.25. The van der Waals surface area contributed by atoms with Crippen molar-refractivity contribution in [1.29, 1.82) is 0 Å². The van der Waals surface area contributed by atoms with Gasteiger partial charge in [0.05, 0.1) is 12.1 Å². The Labute approximate surface area is 186 Å². The van der Waals surface area contributed by atoms with E-state index in [-0.39, 0.29) is 24.2 Å². The number of nitrogens with one attached hydrogen (secondary N) is 1. The maximum absolute atomic E-state index is 15.0. The Bertz CT molecular complexity index is 1020. The quantitative estimate of drug-likeness (QED) is 0.662. The highest BCUT2D eigenvalue weighted by atomic mass is 19.1. The fourth-order valence-electron chi connectivity index (χ4n) is 3.85. The van der Waals surface area contributed by atoms with E-state index in [4.69, 9.17) is 10.5 Å². The lowest BCUT2D eigenvalue weighted by Gasteiger charge is -2.25. The third-order valence-electron chi connectivity index (χ3n) is 5.61. The average molecular weight is 448 g/mol. The van der Waals surface area contributed by atoms with Crippen molar-refractivity contribution in [2.45, 2.75) is 52.1 Å². The molecule has 1 aromatic heterocycles. The Kier molecular flexibility index (Phi) is 6.82. The van der Waals surface area contributed by atoms with Crippen LogP contribution in [0.25, 0.3) is 10.9 Å². The molecule has 1 aliphatic heterocycles. The number of rotatable bonds is 7. The molecular weight excluding hydrogens is 417 g/mol. The Morgan fingerprint density at radius 1 is 1.28 bits per heavy atom. The van der Waals surface area contributed by atoms with Crippen LogP contribution in [-0.2, 0) is 20.9 Å². The highest BCUT2D eigenvalue weighted by molar-refractivity contribution is 6.04. The van der Waals surface area contributed by atoms with Gasteiger partial charge in [-0.25, -0.2) is 4.39 Å². The summed E-state index contributed by atoms with van der Waals surface area (Å²) in [6.07, 6.45) is -1.86. The van der Waals surface area contributed by atoms with Crippen molar-refractivity contribution in [2.75, 3.05) is 20.2 Å². The van der Waals surface area contributed by atoms with Crippen molar-refractivity contribution in [3.63, 3.8) is 0 Å². The summed E-state index contributed by atoms with van der Waals surface area (Å²) in [5, 5.41) is 7.43. The SMILES string of the molecule is CO[C@@H]1CN(C(=O)Cn2nc(C(N)=O)c3ccccc32)[C@H](C(=O)NCCC(C)(C)C)[C@H]1F. The first-order chi connectivity index (χ1) is 15.0. The minimum Gasteiger partial charge on any atom is -0.376 e. The summed E-state index contributed by atoms with van der Waals surface area (Å²) in [6.45, 7) is 6.16. The summed E-state index contributed by atoms with van der Waals surface area (Å²) in [5.41, 5.74) is 6.00. The first-order valence-electron chi connectivity index (χ1n) is 10.5. The maximum Gasteiger partial charge on any atom is 0.269 e. The molecule has 0 saturated carbocycles. The van der Waals surface area contributed by atoms with Crippen molar-refractivity contribution in [1.82, 2.24) is 20.0 Å². The summed E-state index contributed by atoms with van der Waals surface area (Å²) in [5.74, 6) is -1.78. The molecule has 0 bridgehead atoms. The van der Waals surface area contributed by atoms with E-state index in [2.05, 4.69) is 10.4 Å². The molecule has 2 heterocycles. The van der Waals surface area contributed by atoms with Gasteiger partial charge in [-0.1, -0.05) is 39.0 Å². The van der Waals surface area contributed by atoms with Crippen molar-refractivity contribution < 1.29 is 23.5 Å². The van der Waals surface area contributed by atoms with Crippen LogP contribution in [0, 0.1) is 5.41 Å². The normalized spacial score (nSPS) is 21.2. The van der Waals surface area contributed by atoms with E-state index >= 15 is 4.39 Å². The van der Waals surface area contributed by atoms with Gasteiger partial charge in [0.1, 0.15) is 18.7 Å². The first kappa shape index (κ1) is 23.6. The second-order valence-electron chi connectivity index (χ2n) is 9.20. The molecule has 2 aromatic rings. The van der Waals surface area contributed by atoms with Crippen LogP contribution in [0.4, 0.5) is 4.39 Å². The molecule has 3 amide bonds. The Hall–Kier alpha value is -3.01. The summed E-state index contributed by atoms with van der Waals surface area (Å²) in [6, 6.07) is 5.57. The third-order valence-corrected chi connectivity index (χ3v) is 5.61. The van der Waals surface area contributed by atoms with Crippen LogP contribution in [-0.4, -0.2) is 70.9 Å². The number of carbonyl (C=O) groups is 3. The maximum atomic E-state index is 15.0. The minimum absolute atomic E-state index is 0.00191. The smallest absolute Gasteiger partial charge is 0.269 e. The van der Waals surface area contributed by atoms with Gasteiger partial charge in [0.25, 0.3) is 5.91 Å². The monoisotopic (exact) mass is 447 g/mol. The van der Waals surface area contributed by atoms with Gasteiger partial charge in [0, 0.05) is 19.0 Å². The third kappa shape index (κ3) is 4.90. The molecule has 1 aromatic carbocycles. The van der Waals surface area contributed by atoms with Gasteiger partial charge in [0.15, 0.2) is 11.9 Å². The summed E-state index contributed by atoms with van der Waals surface area (Å²) < 4.78 is 21.5. The number of primary amides is 1. The number of alkyl halides is 1. The molecule has 9 nitrogen and oxygen atoms in total. The largest absolute Gasteiger partial charge is 0.376 e. The number of hydrogen-bond acceptors (Lipinski definition) is 5. The molecule has 0 spiro atoms. The number of aromatic nitrogens is 2. The highest BCUT2D eigenvalue weighted by Gasteiger charge is 2.48. The zero-order valence-electron chi connectivity index (χ0n) is 18.8. The van der Waals surface area contributed by atoms with E-state index < -0.39 is 36.0 Å². The molecule has 32 heavy (non-hydrogen) atoms. The number of nitrogens with zero attached hydrogens (tertiary/aromatic N) is 3. The van der Waals surface area contributed by atoms with Crippen molar-refractivity contribution in [2.24, 2.45) is 11.1 Å². The van der Waals surface area contributed by atoms with Gasteiger partial charge >= 0.3 is 0 Å². The highest BCUT2D eigenvalue weighted by Crippen LogP contribution is 2.26. The van der Waals surface area contributed by atoms with E-state index in [1.807, 2.05) is 20.8 Å². The topological polar surface area (TPSA) is 120 Å². The van der Waals surface area contributed by atoms with Gasteiger partial charge in [-0.2, -0.15) is 5.10 Å². The molecule has 1 saturated heterocycles. The van der Waals surface area contributed by atoms with Crippen molar-refractivity contribution in [3.05, 3.63) is 30.0 Å². The molecule has 3 N–H and O–H groups in total. The van der Waals surface area contributed by atoms with Crippen LogP contribution in [0.15, 0.2) is 24.3 Å². The zero-order valence-corrected chi connectivity index (χ0v) is 18.8. The Morgan fingerprint density at radius 3 is 2.59 bits per heavy atom. The standard InChI is InChI=1S/C22H30FN5O4/c1-22(2,3)9-10-25-21(31)19-17(23)15(32-4)11-27(19)16(29)12-28-14-8-6-5-7-13(14)18(26-28)20(24)30/h5-8,15,17,19H,9-12H2,1-4H3,(H2,24,30)(H,25,31)/t15-,17+,19+/m1/s1. The van der Waals surface area contributed by atoms with Gasteiger partial charge < -0.3 is 20.7 Å². The second kappa shape index (κ2) is 9.23. The molecule has 3 rings (SSSR count). The molecule has 0 unspecified atom stereocenters. The molecular formula is C22H30FN5O4. The number of para-hydroxylation sites is 1. The number of likely N-dealkylation sites (tertiary alicyclic amines) is 1. The van der Waals surface area contributed by atoms with Gasteiger partial charge in [-0.05, 0) is 17.9 Å². The van der Waals surface area contributed by atoms with E-state index in [0.717, 1.165) is 0 Å². The van der Waals surface area contributed by atoms with Crippen molar-refractivity contribution >= 4 is 28.6 Å². The van der Waals surface area contributed by atoms with E-state index in [1.54, 1.807) is 24.3 Å². The number of nitrogens with two attached hydrogens (primary N) is 1. The number of ether oxygens (including phenoxy) is 1. The van der Waals surface area contributed by atoms with Gasteiger partial charge in [0.2, 0.25) is 11.8 Å². The molecule has 1 aliphatic rings. The van der Waals surface area contributed by atoms with Gasteiger partial charge in [-0.3, -0.25) is 19.1 Å². The van der Waals surface area contributed by atoms with Crippen molar-refractivity contribution in [3.8, 4) is 0 Å². The van der Waals surface area contributed by atoms with Gasteiger partial charge in [-0.15, -0.1) is 0 Å². The fraction of sp³-hybridized carbons (Fsp3) is 0.545. The second-order valence-corrected chi connectivity index (χ2v) is 9.20. The Balaban J connectivity index is 1.81. The lowest BCUT2D eigenvalue weighted by atomic mass is 9.92. The van der Waals surface area contributed by atoms with Crippen LogP contribution in [0.2, 0.25) is 0 Å². The summed E-state index contributed by atoms with van der Waals surface area (Å²) in [4.78, 5) is 38.9. The number of methoxy groups -OCH3 is 1. The Morgan fingerprint density at radius 2 is 1.97 bits per heavy atom. The number of halogens is 1. The molecule has 3 atom stereocenters. The number of amides is 3. The first-order valence-corrected chi connectivity index (χ1v) is 10.5. The van der Waals surface area contributed by atoms with Crippen LogP contribution in [0.3, 0.4) is 0 Å². The molecule has 0 aliphatic carbocycles. The number of carbonyl (C=O) groups excluding carboxylic acids is 3. The molecule has 0 radical (unpaired) electrons. The lowest BCUT2D eigenvalue weighted by Crippen LogP contribution is -2.50. The number of benzene rings is 1. The number of hydrogen-bond donors (Lipinski definition) is 2. The lowest BCUT2D eigenvalue weighted by molar-refractivity contribution is -0.140. The van der Waals surface area contributed by atoms with E-state index in [1.165, 1.54) is 16.7 Å². The molecule has 174 valence electrons. The van der Waals surface area contributed by atoms with Crippen LogP contribution >= 0.6 is 0 Å². The van der Waals surface area contributed by atoms with E-state index in [0.29, 0.717) is 23.9 Å². The fourth-order valence-corrected chi connectivity index (χ4v) is 3.85. The zero-order chi connectivity index (χ0) is 23.6. The minimum atomic E-state index is -1.66.